The molecule has 3 N–H and O–H groups in total. The number of primary amides is 1. The van der Waals surface area contributed by atoms with Gasteiger partial charge in [0.05, 0.1) is 16.1 Å². The van der Waals surface area contributed by atoms with Crippen molar-refractivity contribution in [3.63, 3.8) is 0 Å². The maximum atomic E-state index is 11.3. The Morgan fingerprint density at radius 1 is 1.43 bits per heavy atom. The standard InChI is InChI=1S/C9H9ClN2O2/c1-12-9(14)5-3-2-4-6(10)7(5)8(11)13/h2-4H,1H3,(H2,11,13)(H,12,14). The Hall–Kier alpha value is -1.55. The molecule has 0 aliphatic carbocycles. The zero-order chi connectivity index (χ0) is 10.7. The van der Waals surface area contributed by atoms with Crippen LogP contribution in [0.5, 0.6) is 0 Å². The summed E-state index contributed by atoms with van der Waals surface area (Å²) < 4.78 is 0. The Kier molecular flexibility index (Phi) is 3.09. The van der Waals surface area contributed by atoms with Crippen LogP contribution in [-0.2, 0) is 0 Å². The van der Waals surface area contributed by atoms with E-state index in [-0.39, 0.29) is 22.1 Å². The summed E-state index contributed by atoms with van der Waals surface area (Å²) in [6, 6.07) is 4.58. The normalized spacial score (nSPS) is 9.57. The zero-order valence-electron chi connectivity index (χ0n) is 7.50. The molecule has 2 amide bonds. The van der Waals surface area contributed by atoms with Crippen molar-refractivity contribution < 1.29 is 9.59 Å². The fourth-order valence-corrected chi connectivity index (χ4v) is 1.37. The van der Waals surface area contributed by atoms with Gasteiger partial charge >= 0.3 is 0 Å². The van der Waals surface area contributed by atoms with Gasteiger partial charge in [-0.2, -0.15) is 0 Å². The topological polar surface area (TPSA) is 72.2 Å². The highest BCUT2D eigenvalue weighted by atomic mass is 35.5. The van der Waals surface area contributed by atoms with Gasteiger partial charge in [0, 0.05) is 7.05 Å². The van der Waals surface area contributed by atoms with E-state index >= 15 is 0 Å². The second-order valence-corrected chi connectivity index (χ2v) is 3.01. The van der Waals surface area contributed by atoms with Crippen LogP contribution in [0.25, 0.3) is 0 Å². The molecule has 5 heteroatoms. The van der Waals surface area contributed by atoms with E-state index < -0.39 is 5.91 Å². The Bertz CT molecular complexity index is 390. The molecule has 0 aliphatic rings. The molecule has 0 saturated heterocycles. The van der Waals surface area contributed by atoms with Gasteiger partial charge in [-0.15, -0.1) is 0 Å². The third-order valence-corrected chi connectivity index (χ3v) is 2.05. The molecular formula is C9H9ClN2O2. The Balaban J connectivity index is 3.35. The molecule has 1 aromatic rings. The van der Waals surface area contributed by atoms with Crippen LogP contribution >= 0.6 is 11.6 Å². The van der Waals surface area contributed by atoms with E-state index in [2.05, 4.69) is 5.32 Å². The molecule has 0 heterocycles. The van der Waals surface area contributed by atoms with E-state index in [1.54, 1.807) is 6.07 Å². The van der Waals surface area contributed by atoms with Crippen LogP contribution in [0.4, 0.5) is 0 Å². The van der Waals surface area contributed by atoms with Crippen molar-refractivity contribution in [2.75, 3.05) is 7.05 Å². The number of hydrogen-bond donors (Lipinski definition) is 2. The molecule has 74 valence electrons. The van der Waals surface area contributed by atoms with Gasteiger partial charge in [-0.05, 0) is 12.1 Å². The van der Waals surface area contributed by atoms with E-state index in [9.17, 15) is 9.59 Å². The summed E-state index contributed by atoms with van der Waals surface area (Å²) in [6.07, 6.45) is 0. The van der Waals surface area contributed by atoms with Crippen molar-refractivity contribution in [1.29, 1.82) is 0 Å². The van der Waals surface area contributed by atoms with E-state index in [1.165, 1.54) is 19.2 Å². The van der Waals surface area contributed by atoms with Gasteiger partial charge in [0.2, 0.25) is 0 Å². The number of carbonyl (C=O) groups excluding carboxylic acids is 2. The lowest BCUT2D eigenvalue weighted by atomic mass is 10.1. The molecule has 1 aromatic carbocycles. The monoisotopic (exact) mass is 212 g/mol. The van der Waals surface area contributed by atoms with Gasteiger partial charge in [-0.25, -0.2) is 0 Å². The average molecular weight is 213 g/mol. The van der Waals surface area contributed by atoms with Gasteiger partial charge in [0.15, 0.2) is 0 Å². The number of hydrogen-bond acceptors (Lipinski definition) is 2. The quantitative estimate of drug-likeness (QED) is 0.761. The second kappa shape index (κ2) is 4.11. The summed E-state index contributed by atoms with van der Waals surface area (Å²) in [7, 11) is 1.47. The first-order valence-electron chi connectivity index (χ1n) is 3.88. The minimum Gasteiger partial charge on any atom is -0.366 e. The summed E-state index contributed by atoms with van der Waals surface area (Å²) in [5.74, 6) is -1.10. The number of nitrogens with one attached hydrogen (secondary N) is 1. The number of amides is 2. The van der Waals surface area contributed by atoms with Crippen LogP contribution in [0.15, 0.2) is 18.2 Å². The molecular weight excluding hydrogens is 204 g/mol. The van der Waals surface area contributed by atoms with Crippen LogP contribution in [0.2, 0.25) is 5.02 Å². The maximum absolute atomic E-state index is 11.3. The third kappa shape index (κ3) is 1.85. The predicted molar refractivity (Wildman–Crippen MR) is 53.4 cm³/mol. The smallest absolute Gasteiger partial charge is 0.251 e. The van der Waals surface area contributed by atoms with Crippen molar-refractivity contribution in [3.05, 3.63) is 34.3 Å². The highest BCUT2D eigenvalue weighted by molar-refractivity contribution is 6.34. The summed E-state index contributed by atoms with van der Waals surface area (Å²) in [4.78, 5) is 22.3. The molecule has 14 heavy (non-hydrogen) atoms. The minimum atomic E-state index is -0.714. The van der Waals surface area contributed by atoms with Crippen molar-refractivity contribution in [2.45, 2.75) is 0 Å². The third-order valence-electron chi connectivity index (χ3n) is 1.73. The van der Waals surface area contributed by atoms with Crippen molar-refractivity contribution in [1.82, 2.24) is 5.32 Å². The molecule has 0 aliphatic heterocycles. The Morgan fingerprint density at radius 3 is 2.57 bits per heavy atom. The van der Waals surface area contributed by atoms with E-state index in [0.29, 0.717) is 0 Å². The molecule has 4 nitrogen and oxygen atoms in total. The van der Waals surface area contributed by atoms with E-state index in [1.807, 2.05) is 0 Å². The highest BCUT2D eigenvalue weighted by Crippen LogP contribution is 2.19. The zero-order valence-corrected chi connectivity index (χ0v) is 8.26. The first-order valence-corrected chi connectivity index (χ1v) is 4.26. The lowest BCUT2D eigenvalue weighted by molar-refractivity contribution is 0.0943. The van der Waals surface area contributed by atoms with Crippen molar-refractivity contribution >= 4 is 23.4 Å². The number of benzene rings is 1. The molecule has 0 spiro atoms. The first-order chi connectivity index (χ1) is 6.57. The largest absolute Gasteiger partial charge is 0.366 e. The molecule has 0 aromatic heterocycles. The van der Waals surface area contributed by atoms with Crippen LogP contribution in [0, 0.1) is 0 Å². The fraction of sp³-hybridized carbons (Fsp3) is 0.111. The van der Waals surface area contributed by atoms with E-state index in [0.717, 1.165) is 0 Å². The molecule has 0 bridgehead atoms. The SMILES string of the molecule is CNC(=O)c1cccc(Cl)c1C(N)=O. The van der Waals surface area contributed by atoms with Crippen LogP contribution in [0.3, 0.4) is 0 Å². The van der Waals surface area contributed by atoms with Gasteiger partial charge in [0.1, 0.15) is 0 Å². The summed E-state index contributed by atoms with van der Waals surface area (Å²) in [5, 5.41) is 2.58. The maximum Gasteiger partial charge on any atom is 0.251 e. The molecule has 1 rings (SSSR count). The predicted octanol–water partition coefficient (Wildman–Crippen LogP) is 0.799. The van der Waals surface area contributed by atoms with Gasteiger partial charge < -0.3 is 11.1 Å². The number of carbonyl (C=O) groups is 2. The van der Waals surface area contributed by atoms with Gasteiger partial charge in [0.25, 0.3) is 11.8 Å². The molecule has 0 unspecified atom stereocenters. The first kappa shape index (κ1) is 10.5. The number of nitrogens with two attached hydrogens (primary N) is 1. The van der Waals surface area contributed by atoms with Crippen molar-refractivity contribution in [2.24, 2.45) is 5.73 Å². The fourth-order valence-electron chi connectivity index (χ4n) is 1.10. The molecule has 0 atom stereocenters. The number of rotatable bonds is 2. The van der Waals surface area contributed by atoms with Crippen LogP contribution in [-0.4, -0.2) is 18.9 Å². The Labute approximate surface area is 86.0 Å². The summed E-state index contributed by atoms with van der Waals surface area (Å²) >= 11 is 5.74. The lowest BCUT2D eigenvalue weighted by Gasteiger charge is -2.06. The Morgan fingerprint density at radius 2 is 2.07 bits per heavy atom. The van der Waals surface area contributed by atoms with Gasteiger partial charge in [-0.1, -0.05) is 17.7 Å². The molecule has 0 radical (unpaired) electrons. The second-order valence-electron chi connectivity index (χ2n) is 2.61. The minimum absolute atomic E-state index is 0.0496. The number of halogens is 1. The van der Waals surface area contributed by atoms with Crippen LogP contribution in [0.1, 0.15) is 20.7 Å². The average Bonchev–Trinajstić information content (AvgIpc) is 2.15. The van der Waals surface area contributed by atoms with E-state index in [4.69, 9.17) is 17.3 Å². The summed E-state index contributed by atoms with van der Waals surface area (Å²) in [6.45, 7) is 0. The molecule has 0 saturated carbocycles. The molecule has 0 fully saturated rings. The van der Waals surface area contributed by atoms with Gasteiger partial charge in [-0.3, -0.25) is 9.59 Å². The highest BCUT2D eigenvalue weighted by Gasteiger charge is 2.16. The summed E-state index contributed by atoms with van der Waals surface area (Å²) in [5.41, 5.74) is 5.34. The lowest BCUT2D eigenvalue weighted by Crippen LogP contribution is -2.23. The van der Waals surface area contributed by atoms with Crippen LogP contribution < -0.4 is 11.1 Å². The van der Waals surface area contributed by atoms with Crippen molar-refractivity contribution in [3.8, 4) is 0 Å².